The zero-order valence-corrected chi connectivity index (χ0v) is 21.0. The smallest absolute Gasteiger partial charge is 0.268 e. The molecule has 0 bridgehead atoms. The Bertz CT molecular complexity index is 1370. The normalized spacial score (nSPS) is 15.7. The molecule has 1 aromatic heterocycles. The van der Waals surface area contributed by atoms with E-state index in [4.69, 9.17) is 9.72 Å². The van der Waals surface area contributed by atoms with Crippen molar-refractivity contribution in [2.24, 2.45) is 0 Å². The van der Waals surface area contributed by atoms with Crippen molar-refractivity contribution in [1.29, 1.82) is 0 Å². The first kappa shape index (κ1) is 23.8. The number of rotatable bonds is 7. The van der Waals surface area contributed by atoms with Crippen molar-refractivity contribution in [2.45, 2.75) is 32.4 Å². The number of benzene rings is 3. The van der Waals surface area contributed by atoms with Crippen LogP contribution in [0.2, 0.25) is 0 Å². The van der Waals surface area contributed by atoms with Gasteiger partial charge in [-0.2, -0.15) is 0 Å². The third-order valence-electron chi connectivity index (χ3n) is 6.23. The van der Waals surface area contributed by atoms with Crippen LogP contribution in [0.3, 0.4) is 0 Å². The lowest BCUT2D eigenvalue weighted by atomic mass is 10.1. The molecule has 2 amide bonds. The minimum absolute atomic E-state index is 0.0847. The maximum atomic E-state index is 13.3. The molecule has 7 heteroatoms. The fourth-order valence-corrected chi connectivity index (χ4v) is 5.12. The van der Waals surface area contributed by atoms with Crippen molar-refractivity contribution in [3.63, 3.8) is 0 Å². The summed E-state index contributed by atoms with van der Waals surface area (Å²) in [6.45, 7) is 3.75. The summed E-state index contributed by atoms with van der Waals surface area (Å²) in [4.78, 5) is 32.6. The van der Waals surface area contributed by atoms with Gasteiger partial charge in [-0.15, -0.1) is 11.3 Å². The van der Waals surface area contributed by atoms with E-state index >= 15 is 0 Å². The number of anilines is 1. The first-order chi connectivity index (χ1) is 17.5. The average Bonchev–Trinajstić information content (AvgIpc) is 3.41. The topological polar surface area (TPSA) is 71.5 Å². The number of hydrogen-bond donors (Lipinski definition) is 1. The van der Waals surface area contributed by atoms with Gasteiger partial charge in [-0.3, -0.25) is 14.5 Å². The van der Waals surface area contributed by atoms with E-state index in [1.165, 1.54) is 4.90 Å². The maximum Gasteiger partial charge on any atom is 0.268 e. The molecule has 2 unspecified atom stereocenters. The van der Waals surface area contributed by atoms with Gasteiger partial charge in [0, 0.05) is 16.5 Å². The first-order valence-electron chi connectivity index (χ1n) is 12.0. The maximum absolute atomic E-state index is 13.3. The lowest BCUT2D eigenvalue weighted by Crippen LogP contribution is -2.49. The summed E-state index contributed by atoms with van der Waals surface area (Å²) in [5.41, 5.74) is 4.32. The summed E-state index contributed by atoms with van der Waals surface area (Å²) in [5, 5.41) is 5.94. The second-order valence-electron chi connectivity index (χ2n) is 8.73. The van der Waals surface area contributed by atoms with Crippen molar-refractivity contribution in [1.82, 2.24) is 10.3 Å². The molecule has 3 aromatic carbocycles. The summed E-state index contributed by atoms with van der Waals surface area (Å²) in [6, 6.07) is 25.3. The van der Waals surface area contributed by atoms with Crippen LogP contribution in [0.15, 0.2) is 84.2 Å². The SMILES string of the molecule is CCC1Oc2ccc(-c3csc(-c4ccccc4)n3)cc2N(CC(=O)NC(C)c2ccccc2)C1=O. The molecule has 0 saturated carbocycles. The molecule has 1 N–H and O–H groups in total. The predicted molar refractivity (Wildman–Crippen MR) is 143 cm³/mol. The summed E-state index contributed by atoms with van der Waals surface area (Å²) in [6.07, 6.45) is -0.0999. The molecule has 2 heterocycles. The Hall–Kier alpha value is -3.97. The van der Waals surface area contributed by atoms with Crippen molar-refractivity contribution >= 4 is 28.8 Å². The number of aromatic nitrogens is 1. The number of ether oxygens (including phenoxy) is 1. The summed E-state index contributed by atoms with van der Waals surface area (Å²) in [5.74, 6) is 0.147. The fourth-order valence-electron chi connectivity index (χ4n) is 4.28. The number of fused-ring (bicyclic) bond motifs is 1. The molecule has 182 valence electrons. The third kappa shape index (κ3) is 4.88. The number of carbonyl (C=O) groups is 2. The van der Waals surface area contributed by atoms with Gasteiger partial charge in [0.25, 0.3) is 5.91 Å². The van der Waals surface area contributed by atoms with E-state index in [9.17, 15) is 9.59 Å². The van der Waals surface area contributed by atoms with Crippen molar-refractivity contribution in [3.8, 4) is 27.6 Å². The molecule has 1 aliphatic rings. The summed E-state index contributed by atoms with van der Waals surface area (Å²) >= 11 is 1.57. The quantitative estimate of drug-likeness (QED) is 0.347. The second-order valence-corrected chi connectivity index (χ2v) is 9.58. The van der Waals surface area contributed by atoms with E-state index in [2.05, 4.69) is 5.32 Å². The molecular formula is C29H27N3O3S. The predicted octanol–water partition coefficient (Wildman–Crippen LogP) is 5.86. The first-order valence-corrected chi connectivity index (χ1v) is 12.9. The van der Waals surface area contributed by atoms with Gasteiger partial charge in [0.05, 0.1) is 17.4 Å². The highest BCUT2D eigenvalue weighted by molar-refractivity contribution is 7.13. The van der Waals surface area contributed by atoms with E-state index in [1.54, 1.807) is 11.3 Å². The van der Waals surface area contributed by atoms with Gasteiger partial charge in [0.15, 0.2) is 6.10 Å². The van der Waals surface area contributed by atoms with Crippen LogP contribution >= 0.6 is 11.3 Å². The molecule has 5 rings (SSSR count). The van der Waals surface area contributed by atoms with Crippen molar-refractivity contribution < 1.29 is 14.3 Å². The number of hydrogen-bond acceptors (Lipinski definition) is 5. The van der Waals surface area contributed by atoms with Gasteiger partial charge in [-0.1, -0.05) is 67.6 Å². The molecule has 0 saturated heterocycles. The zero-order valence-electron chi connectivity index (χ0n) is 20.2. The van der Waals surface area contributed by atoms with Gasteiger partial charge >= 0.3 is 0 Å². The molecule has 1 aliphatic heterocycles. The number of carbonyl (C=O) groups excluding carboxylic acids is 2. The average molecular weight is 498 g/mol. The van der Waals surface area contributed by atoms with Crippen LogP contribution in [0, 0.1) is 0 Å². The minimum Gasteiger partial charge on any atom is -0.478 e. The van der Waals surface area contributed by atoms with Crippen molar-refractivity contribution in [3.05, 3.63) is 89.8 Å². The Labute approximate surface area is 214 Å². The van der Waals surface area contributed by atoms with Crippen LogP contribution < -0.4 is 15.0 Å². The Balaban J connectivity index is 1.41. The van der Waals surface area contributed by atoms with E-state index in [0.29, 0.717) is 17.9 Å². The molecule has 4 aromatic rings. The fraction of sp³-hybridized carbons (Fsp3) is 0.207. The molecule has 36 heavy (non-hydrogen) atoms. The van der Waals surface area contributed by atoms with Gasteiger partial charge in [0.2, 0.25) is 5.91 Å². The van der Waals surface area contributed by atoms with Crippen LogP contribution in [0.1, 0.15) is 31.9 Å². The molecular weight excluding hydrogens is 470 g/mol. The Kier molecular flexibility index (Phi) is 6.82. The summed E-state index contributed by atoms with van der Waals surface area (Å²) in [7, 11) is 0. The largest absolute Gasteiger partial charge is 0.478 e. The van der Waals surface area contributed by atoms with Gasteiger partial charge < -0.3 is 10.1 Å². The highest BCUT2D eigenvalue weighted by atomic mass is 32.1. The highest BCUT2D eigenvalue weighted by Crippen LogP contribution is 2.39. The molecule has 6 nitrogen and oxygen atoms in total. The lowest BCUT2D eigenvalue weighted by Gasteiger charge is -2.34. The number of amides is 2. The Morgan fingerprint density at radius 2 is 1.78 bits per heavy atom. The second kappa shape index (κ2) is 10.3. The number of nitrogens with one attached hydrogen (secondary N) is 1. The van der Waals surface area contributed by atoms with E-state index in [1.807, 2.05) is 98.1 Å². The Morgan fingerprint density at radius 1 is 1.06 bits per heavy atom. The molecule has 0 radical (unpaired) electrons. The molecule has 0 aliphatic carbocycles. The van der Waals surface area contributed by atoms with Gasteiger partial charge in [-0.25, -0.2) is 4.98 Å². The van der Waals surface area contributed by atoms with E-state index in [0.717, 1.165) is 27.4 Å². The van der Waals surface area contributed by atoms with Crippen LogP contribution in [-0.2, 0) is 9.59 Å². The zero-order chi connectivity index (χ0) is 25.1. The van der Waals surface area contributed by atoms with E-state index < -0.39 is 6.10 Å². The standard InChI is InChI=1S/C29H27N3O3S/c1-3-25-29(34)32(17-27(33)30-19(2)20-10-6-4-7-11-20)24-16-22(14-15-26(24)35-25)23-18-36-28(31-23)21-12-8-5-9-13-21/h4-16,18-19,25H,3,17H2,1-2H3,(H,30,33). The monoisotopic (exact) mass is 497 g/mol. The number of thiazole rings is 1. The summed E-state index contributed by atoms with van der Waals surface area (Å²) < 4.78 is 5.98. The van der Waals surface area contributed by atoms with Crippen LogP contribution in [0.4, 0.5) is 5.69 Å². The molecule has 2 atom stereocenters. The van der Waals surface area contributed by atoms with Crippen LogP contribution in [-0.4, -0.2) is 29.4 Å². The Morgan fingerprint density at radius 3 is 2.50 bits per heavy atom. The van der Waals surface area contributed by atoms with Gasteiger partial charge in [0.1, 0.15) is 17.3 Å². The van der Waals surface area contributed by atoms with Crippen molar-refractivity contribution in [2.75, 3.05) is 11.4 Å². The molecule has 0 fully saturated rings. The molecule has 0 spiro atoms. The van der Waals surface area contributed by atoms with Crippen LogP contribution in [0.5, 0.6) is 5.75 Å². The van der Waals surface area contributed by atoms with Gasteiger partial charge in [-0.05, 0) is 37.1 Å². The minimum atomic E-state index is -0.619. The third-order valence-corrected chi connectivity index (χ3v) is 7.12. The van der Waals surface area contributed by atoms with Crippen LogP contribution in [0.25, 0.3) is 21.8 Å². The number of nitrogens with zero attached hydrogens (tertiary/aromatic N) is 2. The van der Waals surface area contributed by atoms with E-state index in [-0.39, 0.29) is 24.4 Å². The lowest BCUT2D eigenvalue weighted by molar-refractivity contribution is -0.129. The highest BCUT2D eigenvalue weighted by Gasteiger charge is 2.35.